The molecule has 2 aromatic rings. The summed E-state index contributed by atoms with van der Waals surface area (Å²) in [5.74, 6) is -2.75. The van der Waals surface area contributed by atoms with Crippen molar-refractivity contribution < 1.29 is 32.3 Å². The summed E-state index contributed by atoms with van der Waals surface area (Å²) in [6, 6.07) is 8.71. The van der Waals surface area contributed by atoms with Crippen LogP contribution in [0.5, 0.6) is 0 Å². The molecule has 1 unspecified atom stereocenters. The van der Waals surface area contributed by atoms with Gasteiger partial charge in [-0.1, -0.05) is 12.1 Å². The normalized spacial score (nSPS) is 21.4. The van der Waals surface area contributed by atoms with Gasteiger partial charge in [0.1, 0.15) is 5.82 Å². The van der Waals surface area contributed by atoms with E-state index in [1.165, 1.54) is 17.7 Å². The average molecular weight is 458 g/mol. The van der Waals surface area contributed by atoms with Crippen LogP contribution in [0.25, 0.3) is 0 Å². The Morgan fingerprint density at radius 1 is 1.13 bits per heavy atom. The Hall–Kier alpha value is -2.46. The summed E-state index contributed by atoms with van der Waals surface area (Å²) in [5, 5.41) is 11.4. The lowest BCUT2D eigenvalue weighted by atomic mass is 9.85. The molecule has 2 aliphatic rings. The number of benzene rings is 1. The van der Waals surface area contributed by atoms with E-state index in [1.807, 2.05) is 11.0 Å². The van der Waals surface area contributed by atoms with Crippen molar-refractivity contribution in [3.63, 3.8) is 0 Å². The highest BCUT2D eigenvalue weighted by molar-refractivity contribution is 7.07. The summed E-state index contributed by atoms with van der Waals surface area (Å²) in [6.07, 6.45) is -3.23. The number of hydrogen-bond acceptors (Lipinski definition) is 4. The maximum absolute atomic E-state index is 13.4. The van der Waals surface area contributed by atoms with Crippen molar-refractivity contribution in [3.05, 3.63) is 58.0 Å². The summed E-state index contributed by atoms with van der Waals surface area (Å²) < 4.78 is 45.1. The largest absolute Gasteiger partial charge is 0.490 e. The predicted octanol–water partition coefficient (Wildman–Crippen LogP) is 4.15. The van der Waals surface area contributed by atoms with Crippen LogP contribution in [0.4, 0.5) is 17.6 Å². The number of halogens is 4. The van der Waals surface area contributed by atoms with Gasteiger partial charge < -0.3 is 10.0 Å². The van der Waals surface area contributed by atoms with Gasteiger partial charge in [-0.15, -0.1) is 0 Å². The van der Waals surface area contributed by atoms with Gasteiger partial charge in [-0.3, -0.25) is 9.69 Å². The van der Waals surface area contributed by atoms with Crippen LogP contribution in [0.15, 0.2) is 41.1 Å². The molecule has 1 spiro atoms. The summed E-state index contributed by atoms with van der Waals surface area (Å²) in [7, 11) is 0. The van der Waals surface area contributed by atoms with Crippen LogP contribution in [-0.2, 0) is 22.7 Å². The lowest BCUT2D eigenvalue weighted by molar-refractivity contribution is -0.192. The minimum Gasteiger partial charge on any atom is -0.475 e. The Morgan fingerprint density at radius 2 is 1.84 bits per heavy atom. The second-order valence-electron chi connectivity index (χ2n) is 7.78. The Bertz CT molecular complexity index is 920. The molecular formula is C21H22F4N2O3S. The van der Waals surface area contributed by atoms with E-state index in [0.717, 1.165) is 44.6 Å². The number of carboxylic acids is 1. The maximum atomic E-state index is 13.4. The molecule has 2 aliphatic heterocycles. The number of alkyl halides is 3. The van der Waals surface area contributed by atoms with Crippen molar-refractivity contribution >= 4 is 23.2 Å². The zero-order valence-corrected chi connectivity index (χ0v) is 17.4. The molecule has 0 bridgehead atoms. The molecule has 0 radical (unpaired) electrons. The first kappa shape index (κ1) is 23.2. The van der Waals surface area contributed by atoms with E-state index in [2.05, 4.69) is 21.7 Å². The lowest BCUT2D eigenvalue weighted by Crippen LogP contribution is -2.36. The second kappa shape index (κ2) is 9.35. The van der Waals surface area contributed by atoms with Gasteiger partial charge in [0.2, 0.25) is 5.91 Å². The average Bonchev–Trinajstić information content (AvgIpc) is 3.41. The molecule has 1 N–H and O–H groups in total. The predicted molar refractivity (Wildman–Crippen MR) is 107 cm³/mol. The van der Waals surface area contributed by atoms with Crippen LogP contribution < -0.4 is 0 Å². The summed E-state index contributed by atoms with van der Waals surface area (Å²) in [5.41, 5.74) is 1.98. The quantitative estimate of drug-likeness (QED) is 0.700. The molecule has 10 heteroatoms. The zero-order valence-electron chi connectivity index (χ0n) is 16.6. The molecule has 168 valence electrons. The molecule has 1 aromatic heterocycles. The highest BCUT2D eigenvalue weighted by Gasteiger charge is 2.50. The van der Waals surface area contributed by atoms with Crippen LogP contribution in [-0.4, -0.2) is 52.6 Å². The molecule has 5 nitrogen and oxygen atoms in total. The summed E-state index contributed by atoms with van der Waals surface area (Å²) in [6.45, 7) is 4.06. The molecule has 0 aliphatic carbocycles. The first-order chi connectivity index (χ1) is 14.6. The molecule has 1 amide bonds. The number of thiophene rings is 1. The Labute approximate surface area is 180 Å². The zero-order chi connectivity index (χ0) is 22.6. The van der Waals surface area contributed by atoms with Gasteiger partial charge in [-0.2, -0.15) is 24.5 Å². The second-order valence-corrected chi connectivity index (χ2v) is 8.56. The third-order valence-electron chi connectivity index (χ3n) is 5.53. The number of carboxylic acid groups (broad SMARTS) is 1. The third-order valence-corrected chi connectivity index (χ3v) is 6.26. The van der Waals surface area contributed by atoms with Gasteiger partial charge in [-0.25, -0.2) is 9.18 Å². The smallest absolute Gasteiger partial charge is 0.475 e. The molecule has 2 saturated heterocycles. The Kier molecular flexibility index (Phi) is 7.00. The first-order valence-electron chi connectivity index (χ1n) is 9.66. The van der Waals surface area contributed by atoms with E-state index >= 15 is 0 Å². The van der Waals surface area contributed by atoms with Gasteiger partial charge >= 0.3 is 12.1 Å². The van der Waals surface area contributed by atoms with E-state index in [-0.39, 0.29) is 17.1 Å². The number of amides is 1. The van der Waals surface area contributed by atoms with Crippen molar-refractivity contribution in [2.75, 3.05) is 19.6 Å². The number of aliphatic carboxylic acids is 1. The molecule has 1 aromatic carbocycles. The standard InChI is InChI=1S/C19H21FN2OS.C2HF3O2/c20-17-3-1-2-15(10-17)12-22-8-6-19(18(22)23)5-7-21(14-19)11-16-4-9-24-13-16;3-2(4,5)1(6)7/h1-4,9-10,13H,5-8,11-12,14H2;(H,6,7). The Morgan fingerprint density at radius 3 is 2.45 bits per heavy atom. The van der Waals surface area contributed by atoms with E-state index < -0.39 is 12.1 Å². The van der Waals surface area contributed by atoms with Gasteiger partial charge in [0.05, 0.1) is 5.41 Å². The molecule has 4 rings (SSSR count). The lowest BCUT2D eigenvalue weighted by Gasteiger charge is -2.23. The Balaban J connectivity index is 0.000000339. The minimum absolute atomic E-state index is 0.219. The number of rotatable bonds is 4. The minimum atomic E-state index is -5.08. The van der Waals surface area contributed by atoms with E-state index in [4.69, 9.17) is 9.90 Å². The first-order valence-corrected chi connectivity index (χ1v) is 10.6. The topological polar surface area (TPSA) is 60.9 Å². The van der Waals surface area contributed by atoms with Gasteiger partial charge in [0, 0.05) is 26.2 Å². The number of carbonyl (C=O) groups is 2. The fourth-order valence-electron chi connectivity index (χ4n) is 4.01. The molecule has 0 saturated carbocycles. The van der Waals surface area contributed by atoms with E-state index in [1.54, 1.807) is 17.4 Å². The van der Waals surface area contributed by atoms with Crippen LogP contribution in [0.2, 0.25) is 0 Å². The number of nitrogens with zero attached hydrogens (tertiary/aromatic N) is 2. The molecular weight excluding hydrogens is 436 g/mol. The van der Waals surface area contributed by atoms with E-state index in [0.29, 0.717) is 6.54 Å². The molecule has 2 fully saturated rings. The van der Waals surface area contributed by atoms with E-state index in [9.17, 15) is 22.4 Å². The monoisotopic (exact) mass is 458 g/mol. The van der Waals surface area contributed by atoms with Crippen molar-refractivity contribution in [1.82, 2.24) is 9.80 Å². The van der Waals surface area contributed by atoms with Gasteiger partial charge in [0.15, 0.2) is 0 Å². The summed E-state index contributed by atoms with van der Waals surface area (Å²) in [4.78, 5) is 26.2. The number of likely N-dealkylation sites (tertiary alicyclic amines) is 2. The molecule has 3 heterocycles. The molecule has 31 heavy (non-hydrogen) atoms. The molecule has 1 atom stereocenters. The maximum Gasteiger partial charge on any atom is 0.490 e. The number of hydrogen-bond donors (Lipinski definition) is 1. The van der Waals surface area contributed by atoms with Crippen molar-refractivity contribution in [1.29, 1.82) is 0 Å². The van der Waals surface area contributed by atoms with Gasteiger partial charge in [-0.05, 0) is 59.5 Å². The highest BCUT2D eigenvalue weighted by Crippen LogP contribution is 2.41. The van der Waals surface area contributed by atoms with Crippen LogP contribution in [0.1, 0.15) is 24.0 Å². The highest BCUT2D eigenvalue weighted by atomic mass is 32.1. The fraction of sp³-hybridized carbons (Fsp3) is 0.429. The summed E-state index contributed by atoms with van der Waals surface area (Å²) >= 11 is 1.72. The number of carbonyl (C=O) groups excluding carboxylic acids is 1. The fourth-order valence-corrected chi connectivity index (χ4v) is 4.67. The SMILES string of the molecule is O=C(O)C(F)(F)F.O=C1N(Cc2cccc(F)c2)CCC12CCN(Cc1ccsc1)C2. The van der Waals surface area contributed by atoms with Crippen molar-refractivity contribution in [3.8, 4) is 0 Å². The van der Waals surface area contributed by atoms with Crippen LogP contribution in [0.3, 0.4) is 0 Å². The van der Waals surface area contributed by atoms with Gasteiger partial charge in [0.25, 0.3) is 0 Å². The van der Waals surface area contributed by atoms with Crippen molar-refractivity contribution in [2.24, 2.45) is 5.41 Å². The third kappa shape index (κ3) is 5.82. The van der Waals surface area contributed by atoms with Crippen LogP contribution in [0, 0.1) is 11.2 Å². The van der Waals surface area contributed by atoms with Crippen LogP contribution >= 0.6 is 11.3 Å². The van der Waals surface area contributed by atoms with Crippen molar-refractivity contribution in [2.45, 2.75) is 32.1 Å².